The molecule has 0 radical (unpaired) electrons. The van der Waals surface area contributed by atoms with Gasteiger partial charge in [0.1, 0.15) is 0 Å². The Balaban J connectivity index is 3.13. The van der Waals surface area contributed by atoms with E-state index in [1.807, 2.05) is 0 Å². The zero-order valence-corrected chi connectivity index (χ0v) is 10.9. The first-order valence-corrected chi connectivity index (χ1v) is 6.35. The third-order valence-electron chi connectivity index (χ3n) is 1.36. The van der Waals surface area contributed by atoms with Crippen LogP contribution in [0.5, 0.6) is 0 Å². The van der Waals surface area contributed by atoms with Crippen molar-refractivity contribution >= 4 is 47.8 Å². The van der Waals surface area contributed by atoms with Crippen molar-refractivity contribution in [3.63, 3.8) is 0 Å². The van der Waals surface area contributed by atoms with E-state index in [2.05, 4.69) is 54.7 Å². The topological polar surface area (TPSA) is 0 Å². The summed E-state index contributed by atoms with van der Waals surface area (Å²) in [4.78, 5) is 0.569. The molecule has 62 valence electrons. The van der Waals surface area contributed by atoms with Crippen LogP contribution in [0.4, 0.5) is 0 Å². The molecule has 0 aliphatic rings. The quantitative estimate of drug-likeness (QED) is 0.514. The fourth-order valence-corrected chi connectivity index (χ4v) is 1.57. The number of halogens is 3. The van der Waals surface area contributed by atoms with Gasteiger partial charge in [-0.1, -0.05) is 74.0 Å². The van der Waals surface area contributed by atoms with Crippen molar-refractivity contribution in [2.75, 3.05) is 0 Å². The van der Waals surface area contributed by atoms with Crippen LogP contribution in [0.1, 0.15) is 32.6 Å². The molecule has 0 heterocycles. The molecule has 0 N–H and O–H groups in total. The van der Waals surface area contributed by atoms with Crippen LogP contribution in [0.15, 0.2) is 0 Å². The van der Waals surface area contributed by atoms with Gasteiger partial charge in [-0.3, -0.25) is 0 Å². The largest absolute Gasteiger partial charge is 0.0869 e. The summed E-state index contributed by atoms with van der Waals surface area (Å²) >= 11 is 10.5. The molecular weight excluding hydrogens is 324 g/mol. The highest BCUT2D eigenvalue weighted by atomic mass is 79.9. The maximum absolute atomic E-state index is 3.58. The van der Waals surface area contributed by atoms with E-state index in [1.165, 1.54) is 25.7 Å². The molecule has 1 atom stereocenters. The summed E-state index contributed by atoms with van der Waals surface area (Å²) in [5, 5.41) is 0. The van der Waals surface area contributed by atoms with Crippen LogP contribution >= 0.6 is 47.8 Å². The lowest BCUT2D eigenvalue weighted by atomic mass is 10.2. The van der Waals surface area contributed by atoms with Crippen molar-refractivity contribution in [3.05, 3.63) is 0 Å². The molecule has 0 bridgehead atoms. The molecule has 0 amide bonds. The second kappa shape index (κ2) is 7.11. The Labute approximate surface area is 88.5 Å². The number of hydrogen-bond donors (Lipinski definition) is 0. The van der Waals surface area contributed by atoms with Gasteiger partial charge in [0.2, 0.25) is 0 Å². The summed E-state index contributed by atoms with van der Waals surface area (Å²) in [6.07, 6.45) is 5.21. The Kier molecular flexibility index (Phi) is 8.13. The van der Waals surface area contributed by atoms with E-state index in [-0.39, 0.29) is 0 Å². The summed E-state index contributed by atoms with van der Waals surface area (Å²) in [6, 6.07) is 0. The molecular formula is C7H13Br3. The van der Waals surface area contributed by atoms with Crippen molar-refractivity contribution in [2.45, 2.75) is 41.2 Å². The van der Waals surface area contributed by atoms with Gasteiger partial charge in [-0.25, -0.2) is 0 Å². The first-order chi connectivity index (χ1) is 4.68. The Morgan fingerprint density at radius 1 is 1.10 bits per heavy atom. The van der Waals surface area contributed by atoms with Crippen molar-refractivity contribution in [3.8, 4) is 0 Å². The van der Waals surface area contributed by atoms with Crippen molar-refractivity contribution in [2.24, 2.45) is 0 Å². The lowest BCUT2D eigenvalue weighted by Gasteiger charge is -2.09. The predicted molar refractivity (Wildman–Crippen MR) is 58.5 cm³/mol. The van der Waals surface area contributed by atoms with Gasteiger partial charge in [-0.2, -0.15) is 0 Å². The molecule has 0 fully saturated rings. The lowest BCUT2D eigenvalue weighted by Crippen LogP contribution is -2.05. The van der Waals surface area contributed by atoms with E-state index in [0.29, 0.717) is 8.56 Å². The monoisotopic (exact) mass is 334 g/mol. The molecule has 10 heavy (non-hydrogen) atoms. The number of hydrogen-bond acceptors (Lipinski definition) is 0. The maximum Gasteiger partial charge on any atom is 0.0822 e. The summed E-state index contributed by atoms with van der Waals surface area (Å²) in [6.45, 7) is 2.23. The number of unbranched alkanes of at least 4 members (excludes halogenated alkanes) is 2. The van der Waals surface area contributed by atoms with Crippen molar-refractivity contribution in [1.29, 1.82) is 0 Å². The van der Waals surface area contributed by atoms with Crippen LogP contribution in [0.25, 0.3) is 0 Å². The molecule has 3 heteroatoms. The molecule has 0 aliphatic heterocycles. The van der Waals surface area contributed by atoms with E-state index in [0.717, 1.165) is 0 Å². The number of rotatable bonds is 5. The van der Waals surface area contributed by atoms with E-state index in [1.54, 1.807) is 0 Å². The summed E-state index contributed by atoms with van der Waals surface area (Å²) in [7, 11) is 0. The van der Waals surface area contributed by atoms with Crippen LogP contribution in [0.3, 0.4) is 0 Å². The van der Waals surface area contributed by atoms with Gasteiger partial charge in [0.25, 0.3) is 0 Å². The first-order valence-electron chi connectivity index (χ1n) is 3.60. The second-order valence-corrected chi connectivity index (χ2v) is 6.72. The molecule has 0 rings (SSSR count). The van der Waals surface area contributed by atoms with Gasteiger partial charge < -0.3 is 0 Å². The standard InChI is InChI=1S/C7H13Br3/c1-2-3-4-5-6(8)7(9)10/h6-7H,2-5H2,1H3. The fraction of sp³-hybridized carbons (Fsp3) is 1.00. The fourth-order valence-electron chi connectivity index (χ4n) is 0.715. The molecule has 0 saturated carbocycles. The smallest absolute Gasteiger partial charge is 0.0822 e. The molecule has 1 unspecified atom stereocenters. The Morgan fingerprint density at radius 2 is 1.70 bits per heavy atom. The average molecular weight is 337 g/mol. The predicted octanol–water partition coefficient (Wildman–Crippen LogP) is 4.45. The Morgan fingerprint density at radius 3 is 2.10 bits per heavy atom. The van der Waals surface area contributed by atoms with Gasteiger partial charge in [0.05, 0.1) is 3.74 Å². The minimum Gasteiger partial charge on any atom is -0.0869 e. The summed E-state index contributed by atoms with van der Waals surface area (Å²) < 4.78 is 0.414. The molecule has 0 nitrogen and oxygen atoms in total. The average Bonchev–Trinajstić information content (AvgIpc) is 1.88. The first kappa shape index (κ1) is 11.4. The molecule has 0 aromatic rings. The van der Waals surface area contributed by atoms with Gasteiger partial charge >= 0.3 is 0 Å². The molecule has 0 aromatic carbocycles. The summed E-state index contributed by atoms with van der Waals surface area (Å²) in [5.74, 6) is 0. The zero-order valence-electron chi connectivity index (χ0n) is 6.12. The third-order valence-corrected chi connectivity index (χ3v) is 5.04. The summed E-state index contributed by atoms with van der Waals surface area (Å²) in [5.41, 5.74) is 0. The highest BCUT2D eigenvalue weighted by Gasteiger charge is 2.10. The zero-order chi connectivity index (χ0) is 7.98. The van der Waals surface area contributed by atoms with Gasteiger partial charge in [-0.05, 0) is 6.42 Å². The Bertz CT molecular complexity index is 73.3. The van der Waals surface area contributed by atoms with Crippen LogP contribution in [-0.2, 0) is 0 Å². The van der Waals surface area contributed by atoms with E-state index < -0.39 is 0 Å². The van der Waals surface area contributed by atoms with Crippen LogP contribution in [-0.4, -0.2) is 8.56 Å². The van der Waals surface area contributed by atoms with Crippen LogP contribution in [0.2, 0.25) is 0 Å². The van der Waals surface area contributed by atoms with Crippen LogP contribution in [0, 0.1) is 0 Å². The minimum absolute atomic E-state index is 0.414. The molecule has 0 spiro atoms. The SMILES string of the molecule is CCCCCC(Br)C(Br)Br. The normalized spacial score (nSPS) is 14.1. The van der Waals surface area contributed by atoms with E-state index >= 15 is 0 Å². The number of alkyl halides is 3. The second-order valence-electron chi connectivity index (χ2n) is 2.35. The van der Waals surface area contributed by atoms with Gasteiger partial charge in [0, 0.05) is 4.83 Å². The minimum atomic E-state index is 0.414. The Hall–Kier alpha value is 1.44. The highest BCUT2D eigenvalue weighted by Crippen LogP contribution is 2.24. The van der Waals surface area contributed by atoms with E-state index in [9.17, 15) is 0 Å². The lowest BCUT2D eigenvalue weighted by molar-refractivity contribution is 0.668. The molecule has 0 aromatic heterocycles. The van der Waals surface area contributed by atoms with Crippen molar-refractivity contribution in [1.82, 2.24) is 0 Å². The van der Waals surface area contributed by atoms with Gasteiger partial charge in [0.15, 0.2) is 0 Å². The third kappa shape index (κ3) is 6.17. The molecule has 0 aliphatic carbocycles. The van der Waals surface area contributed by atoms with Crippen molar-refractivity contribution < 1.29 is 0 Å². The maximum atomic E-state index is 3.58. The van der Waals surface area contributed by atoms with Gasteiger partial charge in [-0.15, -0.1) is 0 Å². The van der Waals surface area contributed by atoms with Crippen LogP contribution < -0.4 is 0 Å². The molecule has 0 saturated heterocycles. The van der Waals surface area contributed by atoms with E-state index in [4.69, 9.17) is 0 Å². The highest BCUT2D eigenvalue weighted by molar-refractivity contribution is 9.25.